The monoisotopic (exact) mass is 478 g/mol. The van der Waals surface area contributed by atoms with E-state index in [0.717, 1.165) is 58.1 Å². The predicted octanol–water partition coefficient (Wildman–Crippen LogP) is 8.64. The third-order valence-electron chi connectivity index (χ3n) is 6.60. The number of aryl methyl sites for hydroxylation is 4. The van der Waals surface area contributed by atoms with Gasteiger partial charge in [0.2, 0.25) is 0 Å². The summed E-state index contributed by atoms with van der Waals surface area (Å²) < 4.78 is 12.0. The first-order chi connectivity index (χ1) is 17.4. The fourth-order valence-corrected chi connectivity index (χ4v) is 4.72. The van der Waals surface area contributed by atoms with E-state index in [0.29, 0.717) is 18.6 Å². The molecule has 0 aromatic heterocycles. The normalized spacial score (nSPS) is 10.8. The number of para-hydroxylation sites is 2. The van der Waals surface area contributed by atoms with Crippen LogP contribution in [0.3, 0.4) is 0 Å². The summed E-state index contributed by atoms with van der Waals surface area (Å²) in [5, 5.41) is 0. The van der Waals surface area contributed by atoms with Crippen molar-refractivity contribution in [2.24, 2.45) is 0 Å². The maximum absolute atomic E-state index is 12.8. The van der Waals surface area contributed by atoms with Crippen molar-refractivity contribution in [2.45, 2.75) is 53.4 Å². The summed E-state index contributed by atoms with van der Waals surface area (Å²) >= 11 is 0. The molecule has 184 valence electrons. The van der Waals surface area contributed by atoms with Gasteiger partial charge in [0.25, 0.3) is 0 Å². The molecule has 0 aliphatic heterocycles. The van der Waals surface area contributed by atoms with E-state index in [2.05, 4.69) is 52.0 Å². The largest absolute Gasteiger partial charge is 0.457 e. The lowest BCUT2D eigenvalue weighted by Crippen LogP contribution is -2.06. The van der Waals surface area contributed by atoms with E-state index in [4.69, 9.17) is 9.47 Å². The molecule has 3 nitrogen and oxygen atoms in total. The number of rotatable bonds is 10. The predicted molar refractivity (Wildman–Crippen MR) is 147 cm³/mol. The van der Waals surface area contributed by atoms with Crippen molar-refractivity contribution >= 4 is 5.78 Å². The van der Waals surface area contributed by atoms with Crippen LogP contribution >= 0.6 is 0 Å². The van der Waals surface area contributed by atoms with Crippen LogP contribution in [0.15, 0.2) is 84.9 Å². The number of carbonyl (C=O) groups excluding carboxylic acids is 1. The van der Waals surface area contributed by atoms with E-state index in [1.165, 1.54) is 11.1 Å². The molecule has 0 bridgehead atoms. The average molecular weight is 479 g/mol. The highest BCUT2D eigenvalue weighted by atomic mass is 16.5. The van der Waals surface area contributed by atoms with Gasteiger partial charge >= 0.3 is 0 Å². The molecule has 0 spiro atoms. The Morgan fingerprint density at radius 2 is 0.861 bits per heavy atom. The second-order valence-electron chi connectivity index (χ2n) is 9.44. The molecular formula is C33H34O3. The minimum Gasteiger partial charge on any atom is -0.457 e. The highest BCUT2D eigenvalue weighted by molar-refractivity contribution is 5.79. The first-order valence-electron chi connectivity index (χ1n) is 12.6. The van der Waals surface area contributed by atoms with Crippen molar-refractivity contribution in [2.75, 3.05) is 0 Å². The molecule has 0 fully saturated rings. The SMILES string of the molecule is Cc1cc(Oc2ccccc2)cc(C)c1CCC(=O)CCc1c(C)cc(Oc2ccccc2)cc1C. The molecule has 36 heavy (non-hydrogen) atoms. The Morgan fingerprint density at radius 1 is 0.528 bits per heavy atom. The standard InChI is InChI=1S/C33H34O3/c1-23-19-30(35-28-11-7-5-8-12-28)20-24(2)32(23)17-15-27(34)16-18-33-25(3)21-31(22-26(33)4)36-29-13-9-6-10-14-29/h5-14,19-22H,15-18H2,1-4H3. The molecule has 0 saturated heterocycles. The Kier molecular flexibility index (Phi) is 8.22. The topological polar surface area (TPSA) is 35.5 Å². The molecule has 0 amide bonds. The molecule has 0 atom stereocenters. The first kappa shape index (κ1) is 25.2. The van der Waals surface area contributed by atoms with E-state index in [1.54, 1.807) is 0 Å². The summed E-state index contributed by atoms with van der Waals surface area (Å²) in [5.74, 6) is 3.60. The number of Topliss-reactive ketones (excluding diaryl/α,β-unsaturated/α-hetero) is 1. The second-order valence-corrected chi connectivity index (χ2v) is 9.44. The van der Waals surface area contributed by atoms with Gasteiger partial charge in [-0.1, -0.05) is 36.4 Å². The van der Waals surface area contributed by atoms with Gasteiger partial charge in [-0.25, -0.2) is 0 Å². The zero-order chi connectivity index (χ0) is 25.5. The van der Waals surface area contributed by atoms with Crippen LogP contribution in [0.1, 0.15) is 46.2 Å². The van der Waals surface area contributed by atoms with E-state index in [9.17, 15) is 4.79 Å². The maximum atomic E-state index is 12.8. The third kappa shape index (κ3) is 6.63. The summed E-state index contributed by atoms with van der Waals surface area (Å²) in [7, 11) is 0. The Hall–Kier alpha value is -3.85. The second kappa shape index (κ2) is 11.7. The summed E-state index contributed by atoms with van der Waals surface area (Å²) in [6, 6.07) is 27.8. The number of benzene rings is 4. The van der Waals surface area contributed by atoms with Crippen molar-refractivity contribution in [3.63, 3.8) is 0 Å². The molecule has 4 rings (SSSR count). The number of hydrogen-bond donors (Lipinski definition) is 0. The molecule has 0 heterocycles. The van der Waals surface area contributed by atoms with Crippen LogP contribution in [-0.2, 0) is 17.6 Å². The van der Waals surface area contributed by atoms with E-state index >= 15 is 0 Å². The van der Waals surface area contributed by atoms with Crippen LogP contribution in [0.5, 0.6) is 23.0 Å². The lowest BCUT2D eigenvalue weighted by atomic mass is 9.94. The highest BCUT2D eigenvalue weighted by Gasteiger charge is 2.12. The number of carbonyl (C=O) groups is 1. The Balaban J connectivity index is 1.33. The lowest BCUT2D eigenvalue weighted by molar-refractivity contribution is -0.119. The van der Waals surface area contributed by atoms with Crippen molar-refractivity contribution < 1.29 is 14.3 Å². The third-order valence-corrected chi connectivity index (χ3v) is 6.60. The molecule has 0 radical (unpaired) electrons. The van der Waals surface area contributed by atoms with Crippen molar-refractivity contribution in [3.8, 4) is 23.0 Å². The lowest BCUT2D eigenvalue weighted by Gasteiger charge is -2.14. The first-order valence-corrected chi connectivity index (χ1v) is 12.6. The van der Waals surface area contributed by atoms with Gasteiger partial charge < -0.3 is 9.47 Å². The number of hydrogen-bond acceptors (Lipinski definition) is 3. The molecule has 3 heteroatoms. The number of ketones is 1. The van der Waals surface area contributed by atoms with Crippen LogP contribution in [0.2, 0.25) is 0 Å². The Labute approximate surface area is 214 Å². The average Bonchev–Trinajstić information content (AvgIpc) is 2.84. The van der Waals surface area contributed by atoms with Crippen molar-refractivity contribution in [3.05, 3.63) is 118 Å². The van der Waals surface area contributed by atoms with E-state index in [1.807, 2.05) is 60.7 Å². The smallest absolute Gasteiger partial charge is 0.133 e. The van der Waals surface area contributed by atoms with E-state index in [-0.39, 0.29) is 0 Å². The quantitative estimate of drug-likeness (QED) is 0.229. The minimum atomic E-state index is 0.293. The molecule has 0 unspecified atom stereocenters. The Bertz CT molecular complexity index is 1170. The van der Waals surface area contributed by atoms with Gasteiger partial charge in [0.05, 0.1) is 0 Å². The summed E-state index contributed by atoms with van der Waals surface area (Å²) in [6.45, 7) is 8.37. The van der Waals surface area contributed by atoms with Gasteiger partial charge in [-0.2, -0.15) is 0 Å². The van der Waals surface area contributed by atoms with Crippen molar-refractivity contribution in [1.82, 2.24) is 0 Å². The zero-order valence-electron chi connectivity index (χ0n) is 21.6. The molecule has 0 aliphatic rings. The van der Waals surface area contributed by atoms with Crippen LogP contribution < -0.4 is 9.47 Å². The molecule has 0 aliphatic carbocycles. The fraction of sp³-hybridized carbons (Fsp3) is 0.242. The van der Waals surface area contributed by atoms with Gasteiger partial charge in [0.1, 0.15) is 28.8 Å². The zero-order valence-corrected chi connectivity index (χ0v) is 21.6. The molecule has 0 N–H and O–H groups in total. The van der Waals surface area contributed by atoms with Crippen LogP contribution in [0.4, 0.5) is 0 Å². The number of ether oxygens (including phenoxy) is 2. The van der Waals surface area contributed by atoms with Crippen molar-refractivity contribution in [1.29, 1.82) is 0 Å². The summed E-state index contributed by atoms with van der Waals surface area (Å²) in [5.41, 5.74) is 7.12. The van der Waals surface area contributed by atoms with Crippen LogP contribution in [-0.4, -0.2) is 5.78 Å². The van der Waals surface area contributed by atoms with Gasteiger partial charge in [-0.05, 0) is 122 Å². The Morgan fingerprint density at radius 3 is 1.19 bits per heavy atom. The molecule has 0 saturated carbocycles. The molecular weight excluding hydrogens is 444 g/mol. The summed E-state index contributed by atoms with van der Waals surface area (Å²) in [4.78, 5) is 12.8. The van der Waals surface area contributed by atoms with E-state index < -0.39 is 0 Å². The minimum absolute atomic E-state index is 0.293. The van der Waals surface area contributed by atoms with Gasteiger partial charge in [0.15, 0.2) is 0 Å². The van der Waals surface area contributed by atoms with Gasteiger partial charge in [-0.15, -0.1) is 0 Å². The van der Waals surface area contributed by atoms with Crippen LogP contribution in [0, 0.1) is 27.7 Å². The van der Waals surface area contributed by atoms with Gasteiger partial charge in [-0.3, -0.25) is 4.79 Å². The highest BCUT2D eigenvalue weighted by Crippen LogP contribution is 2.29. The summed E-state index contributed by atoms with van der Waals surface area (Å²) in [6.07, 6.45) is 2.61. The molecule has 4 aromatic rings. The maximum Gasteiger partial charge on any atom is 0.133 e. The molecule has 4 aromatic carbocycles. The van der Waals surface area contributed by atoms with Gasteiger partial charge in [0, 0.05) is 12.8 Å². The van der Waals surface area contributed by atoms with Crippen LogP contribution in [0.25, 0.3) is 0 Å². The fourth-order valence-electron chi connectivity index (χ4n) is 4.72.